The molecule has 2 atom stereocenters. The Morgan fingerprint density at radius 3 is 2.44 bits per heavy atom. The molecule has 0 saturated heterocycles. The van der Waals surface area contributed by atoms with E-state index in [4.69, 9.17) is 10.5 Å². The molecule has 1 aromatic carbocycles. The highest BCUT2D eigenvalue weighted by Crippen LogP contribution is 2.18. The van der Waals surface area contributed by atoms with Gasteiger partial charge in [-0.2, -0.15) is 0 Å². The molecule has 2 amide bonds. The van der Waals surface area contributed by atoms with Gasteiger partial charge in [-0.3, -0.25) is 9.59 Å². The van der Waals surface area contributed by atoms with Crippen LogP contribution in [0.25, 0.3) is 0 Å². The highest BCUT2D eigenvalue weighted by atomic mass is 35.5. The molecule has 1 rings (SSSR count). The number of benzene rings is 1. The Bertz CT molecular complexity index is 550. The van der Waals surface area contributed by atoms with Crippen LogP contribution in [0.4, 0.5) is 5.69 Å². The van der Waals surface area contributed by atoms with Gasteiger partial charge in [0.05, 0.1) is 6.04 Å². The summed E-state index contributed by atoms with van der Waals surface area (Å²) >= 11 is 0. The third-order valence-electron chi connectivity index (χ3n) is 4.14. The molecule has 25 heavy (non-hydrogen) atoms. The molecule has 0 aliphatic heterocycles. The van der Waals surface area contributed by atoms with Crippen molar-refractivity contribution in [2.45, 2.75) is 40.2 Å². The largest absolute Gasteiger partial charge is 0.484 e. The van der Waals surface area contributed by atoms with Crippen LogP contribution in [-0.4, -0.2) is 42.5 Å². The molecule has 0 aliphatic rings. The summed E-state index contributed by atoms with van der Waals surface area (Å²) < 4.78 is 5.53. The molecule has 0 heterocycles. The number of nitrogens with two attached hydrogens (primary N) is 1. The Hall–Kier alpha value is -1.79. The van der Waals surface area contributed by atoms with Gasteiger partial charge < -0.3 is 20.7 Å². The van der Waals surface area contributed by atoms with Crippen LogP contribution in [0.2, 0.25) is 0 Å². The maximum atomic E-state index is 12.1. The van der Waals surface area contributed by atoms with Crippen LogP contribution in [0.5, 0.6) is 5.75 Å². The van der Waals surface area contributed by atoms with Crippen molar-refractivity contribution in [3.63, 3.8) is 0 Å². The van der Waals surface area contributed by atoms with Crippen molar-refractivity contribution < 1.29 is 14.3 Å². The van der Waals surface area contributed by atoms with E-state index in [1.54, 1.807) is 29.2 Å². The van der Waals surface area contributed by atoms with Crippen LogP contribution in [0.3, 0.4) is 0 Å². The molecule has 0 aromatic heterocycles. The summed E-state index contributed by atoms with van der Waals surface area (Å²) in [4.78, 5) is 25.8. The number of hydrogen-bond donors (Lipinski definition) is 2. The number of ether oxygens (including phenoxy) is 1. The number of nitrogens with zero attached hydrogens (tertiary/aromatic N) is 1. The van der Waals surface area contributed by atoms with Gasteiger partial charge in [0, 0.05) is 24.8 Å². The van der Waals surface area contributed by atoms with E-state index in [1.165, 1.54) is 0 Å². The van der Waals surface area contributed by atoms with Crippen molar-refractivity contribution in [2.24, 2.45) is 11.7 Å². The van der Waals surface area contributed by atoms with Crippen molar-refractivity contribution >= 4 is 29.9 Å². The monoisotopic (exact) mass is 371 g/mol. The Labute approximate surface area is 156 Å². The van der Waals surface area contributed by atoms with Crippen molar-refractivity contribution in [3.8, 4) is 5.75 Å². The summed E-state index contributed by atoms with van der Waals surface area (Å²) in [5, 5.41) is 2.79. The summed E-state index contributed by atoms with van der Waals surface area (Å²) in [5.74, 6) is 0.357. The van der Waals surface area contributed by atoms with E-state index < -0.39 is 6.04 Å². The Morgan fingerprint density at radius 2 is 1.88 bits per heavy atom. The normalized spacial score (nSPS) is 12.5. The smallest absolute Gasteiger partial charge is 0.260 e. The van der Waals surface area contributed by atoms with Gasteiger partial charge in [0.15, 0.2) is 6.61 Å². The van der Waals surface area contributed by atoms with Crippen LogP contribution >= 0.6 is 12.4 Å². The molecule has 0 fully saturated rings. The molecule has 1 aromatic rings. The lowest BCUT2D eigenvalue weighted by Gasteiger charge is -2.19. The van der Waals surface area contributed by atoms with Gasteiger partial charge in [0.1, 0.15) is 5.75 Å². The van der Waals surface area contributed by atoms with E-state index in [0.29, 0.717) is 24.5 Å². The predicted octanol–water partition coefficient (Wildman–Crippen LogP) is 2.67. The Kier molecular flexibility index (Phi) is 10.9. The van der Waals surface area contributed by atoms with Gasteiger partial charge >= 0.3 is 0 Å². The zero-order valence-corrected chi connectivity index (χ0v) is 16.3. The lowest BCUT2D eigenvalue weighted by atomic mass is 9.99. The summed E-state index contributed by atoms with van der Waals surface area (Å²) in [5.41, 5.74) is 6.53. The van der Waals surface area contributed by atoms with Crippen molar-refractivity contribution in [1.29, 1.82) is 0 Å². The van der Waals surface area contributed by atoms with Gasteiger partial charge in [-0.25, -0.2) is 0 Å². The molecule has 142 valence electrons. The first-order chi connectivity index (χ1) is 11.4. The number of halogens is 1. The number of amides is 2. The average Bonchev–Trinajstić information content (AvgIpc) is 2.59. The van der Waals surface area contributed by atoms with Gasteiger partial charge in [0.2, 0.25) is 5.91 Å². The molecule has 0 aliphatic carbocycles. The highest BCUT2D eigenvalue weighted by molar-refractivity contribution is 5.95. The van der Waals surface area contributed by atoms with Crippen LogP contribution < -0.4 is 15.8 Å². The first-order valence-electron chi connectivity index (χ1n) is 8.49. The minimum atomic E-state index is -0.552. The predicted molar refractivity (Wildman–Crippen MR) is 103 cm³/mol. The van der Waals surface area contributed by atoms with Crippen LogP contribution in [-0.2, 0) is 9.59 Å². The Balaban J connectivity index is 0.00000576. The van der Waals surface area contributed by atoms with Gasteiger partial charge in [0.25, 0.3) is 5.91 Å². The lowest BCUT2D eigenvalue weighted by Crippen LogP contribution is -2.40. The summed E-state index contributed by atoms with van der Waals surface area (Å²) in [7, 11) is 0. The molecular weight excluding hydrogens is 342 g/mol. The second kappa shape index (κ2) is 11.7. The third-order valence-corrected chi connectivity index (χ3v) is 4.14. The van der Waals surface area contributed by atoms with E-state index in [2.05, 4.69) is 5.32 Å². The SMILES string of the molecule is CCC(C)C(N)C(=O)Nc1cccc(OCC(=O)N(CC)CC)c1.Cl. The number of rotatable bonds is 9. The van der Waals surface area contributed by atoms with E-state index in [9.17, 15) is 9.59 Å². The van der Waals surface area contributed by atoms with Crippen molar-refractivity contribution in [2.75, 3.05) is 25.0 Å². The fraction of sp³-hybridized carbons (Fsp3) is 0.556. The third kappa shape index (κ3) is 7.32. The first kappa shape index (κ1) is 23.2. The highest BCUT2D eigenvalue weighted by Gasteiger charge is 2.19. The molecular formula is C18H30ClN3O3. The molecule has 2 unspecified atom stereocenters. The first-order valence-corrected chi connectivity index (χ1v) is 8.49. The molecule has 0 spiro atoms. The molecule has 0 bridgehead atoms. The van der Waals surface area contributed by atoms with E-state index in [0.717, 1.165) is 6.42 Å². The standard InChI is InChI=1S/C18H29N3O3.ClH/c1-5-13(4)17(19)18(23)20-14-9-8-10-15(11-14)24-12-16(22)21(6-2)7-3;/h8-11,13,17H,5-7,12,19H2,1-4H3,(H,20,23);1H. The second-order valence-corrected chi connectivity index (χ2v) is 5.78. The average molecular weight is 372 g/mol. The van der Waals surface area contributed by atoms with E-state index in [1.807, 2.05) is 27.7 Å². The molecule has 7 heteroatoms. The molecule has 3 N–H and O–H groups in total. The number of anilines is 1. The minimum Gasteiger partial charge on any atom is -0.484 e. The quantitative estimate of drug-likeness (QED) is 0.698. The van der Waals surface area contributed by atoms with Gasteiger partial charge in [-0.1, -0.05) is 26.3 Å². The van der Waals surface area contributed by atoms with Crippen molar-refractivity contribution in [3.05, 3.63) is 24.3 Å². The number of nitrogens with one attached hydrogen (secondary N) is 1. The van der Waals surface area contributed by atoms with E-state index in [-0.39, 0.29) is 36.7 Å². The molecule has 0 saturated carbocycles. The maximum absolute atomic E-state index is 12.1. The number of likely N-dealkylation sites (N-methyl/N-ethyl adjacent to an activating group) is 1. The lowest BCUT2D eigenvalue weighted by molar-refractivity contribution is -0.133. The molecule has 0 radical (unpaired) electrons. The second-order valence-electron chi connectivity index (χ2n) is 5.78. The van der Waals surface area contributed by atoms with Crippen LogP contribution in [0, 0.1) is 5.92 Å². The molecule has 6 nitrogen and oxygen atoms in total. The summed E-state index contributed by atoms with van der Waals surface area (Å²) in [6.07, 6.45) is 0.838. The topological polar surface area (TPSA) is 84.7 Å². The fourth-order valence-corrected chi connectivity index (χ4v) is 2.21. The number of carbonyl (C=O) groups excluding carboxylic acids is 2. The van der Waals surface area contributed by atoms with Gasteiger partial charge in [-0.15, -0.1) is 12.4 Å². The van der Waals surface area contributed by atoms with Gasteiger partial charge in [-0.05, 0) is 31.9 Å². The zero-order valence-electron chi connectivity index (χ0n) is 15.5. The van der Waals surface area contributed by atoms with Crippen molar-refractivity contribution in [1.82, 2.24) is 4.90 Å². The zero-order chi connectivity index (χ0) is 18.1. The number of hydrogen-bond acceptors (Lipinski definition) is 4. The van der Waals surface area contributed by atoms with E-state index >= 15 is 0 Å². The summed E-state index contributed by atoms with van der Waals surface area (Å²) in [6.45, 7) is 9.09. The Morgan fingerprint density at radius 1 is 1.24 bits per heavy atom. The fourth-order valence-electron chi connectivity index (χ4n) is 2.21. The minimum absolute atomic E-state index is 0. The van der Waals surface area contributed by atoms with Crippen LogP contribution in [0.15, 0.2) is 24.3 Å². The maximum Gasteiger partial charge on any atom is 0.260 e. The summed E-state index contributed by atoms with van der Waals surface area (Å²) in [6, 6.07) is 6.42. The van der Waals surface area contributed by atoms with Crippen LogP contribution in [0.1, 0.15) is 34.1 Å². The number of carbonyl (C=O) groups is 2.